The number of hydrogen-bond donors (Lipinski definition) is 1. The molecule has 3 heteroatoms. The lowest BCUT2D eigenvalue weighted by Gasteiger charge is -2.19. The number of rotatable bonds is 0. The van der Waals surface area contributed by atoms with Crippen LogP contribution in [0.2, 0.25) is 5.02 Å². The Labute approximate surface area is 87.3 Å². The summed E-state index contributed by atoms with van der Waals surface area (Å²) < 4.78 is 3.28. The number of nitrogens with one attached hydrogen (secondary N) is 1. The molecule has 0 unspecified atom stereocenters. The van der Waals surface area contributed by atoms with Gasteiger partial charge in [0.25, 0.3) is 0 Å². The van der Waals surface area contributed by atoms with Gasteiger partial charge in [0.1, 0.15) is 0 Å². The van der Waals surface area contributed by atoms with Crippen LogP contribution in [0.25, 0.3) is 0 Å². The normalized spacial score (nSPS) is 18.2. The van der Waals surface area contributed by atoms with Gasteiger partial charge in [-0.3, -0.25) is 0 Å². The maximum absolute atomic E-state index is 5.92. The first-order chi connectivity index (χ1) is 6.29. The molecule has 1 aliphatic rings. The van der Waals surface area contributed by atoms with Crippen molar-refractivity contribution in [2.75, 3.05) is 0 Å². The van der Waals surface area contributed by atoms with Crippen molar-refractivity contribution in [3.63, 3.8) is 0 Å². The summed E-state index contributed by atoms with van der Waals surface area (Å²) in [5.74, 6) is 0. The van der Waals surface area contributed by atoms with Crippen LogP contribution < -0.4 is 4.72 Å². The molecule has 1 N–H and O–H groups in total. The number of halogens is 1. The molecule has 0 saturated carbocycles. The summed E-state index contributed by atoms with van der Waals surface area (Å²) >= 11 is 7.57. The van der Waals surface area contributed by atoms with Crippen LogP contribution in [0.3, 0.4) is 0 Å². The molecule has 2 rings (SSSR count). The second-order valence-corrected chi connectivity index (χ2v) is 4.23. The summed E-state index contributed by atoms with van der Waals surface area (Å²) in [5.41, 5.74) is 2.56. The third kappa shape index (κ3) is 1.84. The second-order valence-electron chi connectivity index (χ2n) is 2.95. The van der Waals surface area contributed by atoms with Gasteiger partial charge in [-0.25, -0.2) is 0 Å². The van der Waals surface area contributed by atoms with E-state index in [1.54, 1.807) is 11.9 Å². The van der Waals surface area contributed by atoms with Gasteiger partial charge in [-0.15, -0.1) is 0 Å². The molecule has 0 radical (unpaired) electrons. The first kappa shape index (κ1) is 8.97. The Kier molecular flexibility index (Phi) is 2.51. The fraction of sp³-hybridized carbons (Fsp3) is 0.200. The van der Waals surface area contributed by atoms with Crippen LogP contribution in [-0.2, 0) is 6.42 Å². The molecule has 0 atom stereocenters. The molecule has 68 valence electrons. The largest absolute Gasteiger partial charge is 0.329 e. The Balaban J connectivity index is 2.38. The van der Waals surface area contributed by atoms with Gasteiger partial charge >= 0.3 is 0 Å². The second kappa shape index (κ2) is 3.64. The molecule has 0 amide bonds. The summed E-state index contributed by atoms with van der Waals surface area (Å²) in [5, 5.41) is 0.816. The van der Waals surface area contributed by atoms with E-state index in [0.29, 0.717) is 0 Å². The maximum atomic E-state index is 5.92. The highest BCUT2D eigenvalue weighted by atomic mass is 35.5. The molecule has 13 heavy (non-hydrogen) atoms. The van der Waals surface area contributed by atoms with Gasteiger partial charge in [0.05, 0.1) is 0 Å². The molecule has 1 nitrogen and oxygen atoms in total. The fourth-order valence-electron chi connectivity index (χ4n) is 1.31. The number of fused-ring (bicyclic) bond motifs is 1. The van der Waals surface area contributed by atoms with Crippen molar-refractivity contribution in [3.8, 4) is 0 Å². The summed E-state index contributed by atoms with van der Waals surface area (Å²) in [6.45, 7) is 2.04. The quantitative estimate of drug-likeness (QED) is 0.661. The van der Waals surface area contributed by atoms with E-state index in [9.17, 15) is 0 Å². The van der Waals surface area contributed by atoms with E-state index >= 15 is 0 Å². The average Bonchev–Trinajstić information content (AvgIpc) is 2.16. The molecule has 0 aromatic heterocycles. The van der Waals surface area contributed by atoms with Crippen LogP contribution in [0.4, 0.5) is 0 Å². The van der Waals surface area contributed by atoms with Crippen molar-refractivity contribution in [1.29, 1.82) is 0 Å². The molecule has 1 aromatic carbocycles. The van der Waals surface area contributed by atoms with Gasteiger partial charge in [-0.05, 0) is 42.6 Å². The predicted octanol–water partition coefficient (Wildman–Crippen LogP) is 3.40. The van der Waals surface area contributed by atoms with E-state index in [1.807, 2.05) is 19.1 Å². The van der Waals surface area contributed by atoms with Crippen LogP contribution in [0.5, 0.6) is 0 Å². The van der Waals surface area contributed by atoms with Crippen molar-refractivity contribution in [2.45, 2.75) is 18.2 Å². The van der Waals surface area contributed by atoms with Gasteiger partial charge in [-0.1, -0.05) is 17.7 Å². The lowest BCUT2D eigenvalue weighted by Crippen LogP contribution is -2.12. The molecule has 1 aromatic rings. The Morgan fingerprint density at radius 1 is 1.54 bits per heavy atom. The predicted molar refractivity (Wildman–Crippen MR) is 57.9 cm³/mol. The van der Waals surface area contributed by atoms with Crippen LogP contribution in [0, 0.1) is 0 Å². The minimum atomic E-state index is 0.816. The van der Waals surface area contributed by atoms with E-state index in [1.165, 1.54) is 16.2 Å². The van der Waals surface area contributed by atoms with E-state index in [-0.39, 0.29) is 0 Å². The zero-order chi connectivity index (χ0) is 9.26. The molecule has 0 aliphatic carbocycles. The third-order valence-corrected chi connectivity index (χ3v) is 3.26. The SMILES string of the molecule is CC=C1Cc2cc(Cl)ccc2SN1. The molecule has 0 spiro atoms. The van der Waals surface area contributed by atoms with Crippen molar-refractivity contribution in [3.05, 3.63) is 40.6 Å². The zero-order valence-electron chi connectivity index (χ0n) is 7.30. The Hall–Kier alpha value is -0.600. The standard InChI is InChI=1S/C10H10ClNS/c1-2-9-6-7-5-8(11)3-4-10(7)13-12-9/h2-5,12H,6H2,1H3. The number of benzene rings is 1. The van der Waals surface area contributed by atoms with Gasteiger partial charge in [0.15, 0.2) is 0 Å². The third-order valence-electron chi connectivity index (χ3n) is 2.04. The Morgan fingerprint density at radius 2 is 2.38 bits per heavy atom. The maximum Gasteiger partial charge on any atom is 0.0409 e. The Morgan fingerprint density at radius 3 is 3.15 bits per heavy atom. The van der Waals surface area contributed by atoms with Crippen LogP contribution in [0.1, 0.15) is 12.5 Å². The first-order valence-electron chi connectivity index (χ1n) is 4.16. The van der Waals surface area contributed by atoms with E-state index < -0.39 is 0 Å². The van der Waals surface area contributed by atoms with E-state index in [0.717, 1.165) is 11.4 Å². The van der Waals surface area contributed by atoms with Gasteiger partial charge < -0.3 is 4.72 Å². The lowest BCUT2D eigenvalue weighted by molar-refractivity contribution is 0.984. The highest BCUT2D eigenvalue weighted by Gasteiger charge is 2.12. The Bertz CT molecular complexity index is 360. The monoisotopic (exact) mass is 211 g/mol. The van der Waals surface area contributed by atoms with Crippen molar-refractivity contribution < 1.29 is 0 Å². The molecular formula is C10H10ClNS. The van der Waals surface area contributed by atoms with Crippen molar-refractivity contribution >= 4 is 23.5 Å². The summed E-state index contributed by atoms with van der Waals surface area (Å²) in [6, 6.07) is 6.02. The number of hydrogen-bond acceptors (Lipinski definition) is 2. The lowest BCUT2D eigenvalue weighted by atomic mass is 10.1. The van der Waals surface area contributed by atoms with E-state index in [4.69, 9.17) is 11.6 Å². The van der Waals surface area contributed by atoms with Crippen molar-refractivity contribution in [2.24, 2.45) is 0 Å². The summed E-state index contributed by atoms with van der Waals surface area (Å²) in [7, 11) is 0. The molecule has 1 heterocycles. The summed E-state index contributed by atoms with van der Waals surface area (Å²) in [4.78, 5) is 1.27. The van der Waals surface area contributed by atoms with Crippen molar-refractivity contribution in [1.82, 2.24) is 4.72 Å². The minimum Gasteiger partial charge on any atom is -0.329 e. The molecule has 1 aliphatic heterocycles. The topological polar surface area (TPSA) is 12.0 Å². The van der Waals surface area contributed by atoms with Crippen LogP contribution >= 0.6 is 23.5 Å². The highest BCUT2D eigenvalue weighted by Crippen LogP contribution is 2.30. The number of allylic oxidation sites excluding steroid dienone is 2. The minimum absolute atomic E-state index is 0.816. The van der Waals surface area contributed by atoms with Gasteiger partial charge in [0.2, 0.25) is 0 Å². The smallest absolute Gasteiger partial charge is 0.0409 e. The fourth-order valence-corrected chi connectivity index (χ4v) is 2.33. The van der Waals surface area contributed by atoms with Crippen LogP contribution in [0.15, 0.2) is 34.9 Å². The highest BCUT2D eigenvalue weighted by molar-refractivity contribution is 7.97. The van der Waals surface area contributed by atoms with Gasteiger partial charge in [-0.2, -0.15) is 0 Å². The summed E-state index contributed by atoms with van der Waals surface area (Å²) in [6.07, 6.45) is 3.05. The van der Waals surface area contributed by atoms with Gasteiger partial charge in [0, 0.05) is 22.0 Å². The van der Waals surface area contributed by atoms with Crippen LogP contribution in [-0.4, -0.2) is 0 Å². The molecule has 0 bridgehead atoms. The first-order valence-corrected chi connectivity index (χ1v) is 5.35. The zero-order valence-corrected chi connectivity index (χ0v) is 8.88. The molecule has 0 saturated heterocycles. The average molecular weight is 212 g/mol. The molecule has 0 fully saturated rings. The van der Waals surface area contributed by atoms with E-state index in [2.05, 4.69) is 16.9 Å². The molecular weight excluding hydrogens is 202 g/mol.